The van der Waals surface area contributed by atoms with Gasteiger partial charge in [0.05, 0.1) is 12.1 Å². The standard InChI is InChI=1S/C13H17F3N4O2/c1-12(2,21)7-19-5-8(4-17)9-6-20-11(18)3-10(9)22-13(14,15)16/h3-6,21H,7,17H2,1-2H3,(H2,18,20)/b8-4+,19-5?. The Bertz CT molecular complexity index is 578. The number of allylic oxidation sites excluding steroid dienone is 1. The molecular formula is C13H17F3N4O2. The number of alkyl halides is 3. The van der Waals surface area contributed by atoms with Crippen molar-refractivity contribution in [1.82, 2.24) is 4.98 Å². The van der Waals surface area contributed by atoms with Crippen LogP contribution in [0.4, 0.5) is 19.0 Å². The summed E-state index contributed by atoms with van der Waals surface area (Å²) in [5, 5.41) is 9.55. The molecule has 0 aromatic carbocycles. The van der Waals surface area contributed by atoms with E-state index in [1.807, 2.05) is 0 Å². The van der Waals surface area contributed by atoms with Crippen molar-refractivity contribution in [3.05, 3.63) is 24.0 Å². The summed E-state index contributed by atoms with van der Waals surface area (Å²) in [6.07, 6.45) is -1.49. The molecule has 0 spiro atoms. The van der Waals surface area contributed by atoms with Gasteiger partial charge in [-0.05, 0) is 13.8 Å². The van der Waals surface area contributed by atoms with E-state index in [2.05, 4.69) is 14.7 Å². The molecule has 0 aliphatic carbocycles. The number of anilines is 1. The minimum absolute atomic E-state index is 0.0199. The van der Waals surface area contributed by atoms with E-state index in [1.165, 1.54) is 6.21 Å². The number of ether oxygens (including phenoxy) is 1. The molecule has 0 fully saturated rings. The summed E-state index contributed by atoms with van der Waals surface area (Å²) in [6, 6.07) is 0.941. The largest absolute Gasteiger partial charge is 0.573 e. The molecule has 0 saturated heterocycles. The first-order valence-electron chi connectivity index (χ1n) is 6.17. The Morgan fingerprint density at radius 1 is 1.45 bits per heavy atom. The number of aliphatic imine (C=N–C) groups is 1. The number of nitrogens with two attached hydrogens (primary N) is 2. The van der Waals surface area contributed by atoms with Gasteiger partial charge in [0.15, 0.2) is 0 Å². The predicted octanol–water partition coefficient (Wildman–Crippen LogP) is 1.70. The maximum Gasteiger partial charge on any atom is 0.573 e. The lowest BCUT2D eigenvalue weighted by Crippen LogP contribution is -2.22. The smallest absolute Gasteiger partial charge is 0.405 e. The summed E-state index contributed by atoms with van der Waals surface area (Å²) in [4.78, 5) is 7.65. The second-order valence-electron chi connectivity index (χ2n) is 5.06. The number of hydrogen-bond donors (Lipinski definition) is 3. The van der Waals surface area contributed by atoms with E-state index in [4.69, 9.17) is 11.5 Å². The SMILES string of the molecule is CC(C)(O)CN=C/C(=C\N)c1cnc(N)cc1OC(F)(F)F. The van der Waals surface area contributed by atoms with E-state index in [1.54, 1.807) is 13.8 Å². The molecule has 0 atom stereocenters. The number of rotatable bonds is 5. The van der Waals surface area contributed by atoms with E-state index in [-0.39, 0.29) is 23.5 Å². The van der Waals surface area contributed by atoms with Crippen molar-refractivity contribution in [1.29, 1.82) is 0 Å². The molecule has 0 bridgehead atoms. The van der Waals surface area contributed by atoms with Crippen LogP contribution in [0.1, 0.15) is 19.4 Å². The molecule has 1 rings (SSSR count). The average Bonchev–Trinajstić information content (AvgIpc) is 2.32. The van der Waals surface area contributed by atoms with Gasteiger partial charge < -0.3 is 21.3 Å². The lowest BCUT2D eigenvalue weighted by Gasteiger charge is -2.15. The molecule has 22 heavy (non-hydrogen) atoms. The first kappa shape index (κ1) is 17.8. The van der Waals surface area contributed by atoms with E-state index in [9.17, 15) is 18.3 Å². The Labute approximate surface area is 125 Å². The number of pyridine rings is 1. The summed E-state index contributed by atoms with van der Waals surface area (Å²) in [5.41, 5.74) is 9.86. The fourth-order valence-corrected chi connectivity index (χ4v) is 1.45. The lowest BCUT2D eigenvalue weighted by molar-refractivity contribution is -0.274. The van der Waals surface area contributed by atoms with Crippen LogP contribution in [0.2, 0.25) is 0 Å². The van der Waals surface area contributed by atoms with Crippen molar-refractivity contribution >= 4 is 17.6 Å². The zero-order chi connectivity index (χ0) is 17.0. The zero-order valence-corrected chi connectivity index (χ0v) is 12.1. The van der Waals surface area contributed by atoms with Crippen LogP contribution in [-0.4, -0.2) is 34.8 Å². The molecule has 0 aliphatic heterocycles. The van der Waals surface area contributed by atoms with Crippen molar-refractivity contribution in [2.24, 2.45) is 10.7 Å². The van der Waals surface area contributed by atoms with E-state index >= 15 is 0 Å². The van der Waals surface area contributed by atoms with Crippen LogP contribution < -0.4 is 16.2 Å². The van der Waals surface area contributed by atoms with Crippen molar-refractivity contribution in [3.63, 3.8) is 0 Å². The lowest BCUT2D eigenvalue weighted by atomic mass is 10.1. The highest BCUT2D eigenvalue weighted by molar-refractivity contribution is 6.10. The summed E-state index contributed by atoms with van der Waals surface area (Å²) < 4.78 is 41.2. The molecule has 0 saturated carbocycles. The Hall–Kier alpha value is -2.29. The molecule has 1 aromatic rings. The molecule has 1 aromatic heterocycles. The fourth-order valence-electron chi connectivity index (χ4n) is 1.45. The Kier molecular flexibility index (Phi) is 5.37. The minimum atomic E-state index is -4.88. The second kappa shape index (κ2) is 6.65. The maximum atomic E-state index is 12.4. The first-order valence-corrected chi connectivity index (χ1v) is 6.17. The number of hydrogen-bond acceptors (Lipinski definition) is 6. The first-order chi connectivity index (χ1) is 10.0. The third-order valence-corrected chi connectivity index (χ3v) is 2.31. The summed E-state index contributed by atoms with van der Waals surface area (Å²) >= 11 is 0. The van der Waals surface area contributed by atoms with Gasteiger partial charge in [-0.15, -0.1) is 13.2 Å². The van der Waals surface area contributed by atoms with Gasteiger partial charge in [0.1, 0.15) is 11.6 Å². The Morgan fingerprint density at radius 2 is 2.09 bits per heavy atom. The van der Waals surface area contributed by atoms with Crippen LogP contribution in [-0.2, 0) is 0 Å². The number of halogens is 3. The Balaban J connectivity index is 3.12. The Morgan fingerprint density at radius 3 is 2.59 bits per heavy atom. The van der Waals surface area contributed by atoms with Crippen LogP contribution in [0.5, 0.6) is 5.75 Å². The molecule has 0 unspecified atom stereocenters. The van der Waals surface area contributed by atoms with Crippen molar-refractivity contribution in [2.75, 3.05) is 12.3 Å². The van der Waals surface area contributed by atoms with Gasteiger partial charge in [-0.2, -0.15) is 0 Å². The number of nitrogen functional groups attached to an aromatic ring is 1. The molecular weight excluding hydrogens is 301 g/mol. The van der Waals surface area contributed by atoms with Crippen LogP contribution in [0.15, 0.2) is 23.5 Å². The number of nitrogens with zero attached hydrogens (tertiary/aromatic N) is 2. The monoisotopic (exact) mass is 318 g/mol. The molecule has 0 radical (unpaired) electrons. The summed E-state index contributed by atoms with van der Waals surface area (Å²) in [7, 11) is 0. The van der Waals surface area contributed by atoms with Crippen LogP contribution in [0.3, 0.4) is 0 Å². The molecule has 6 nitrogen and oxygen atoms in total. The zero-order valence-electron chi connectivity index (χ0n) is 12.1. The van der Waals surface area contributed by atoms with Gasteiger partial charge >= 0.3 is 6.36 Å². The second-order valence-corrected chi connectivity index (χ2v) is 5.06. The predicted molar refractivity (Wildman–Crippen MR) is 77.2 cm³/mol. The van der Waals surface area contributed by atoms with Crippen molar-refractivity contribution in [2.45, 2.75) is 25.8 Å². The van der Waals surface area contributed by atoms with Crippen LogP contribution in [0, 0.1) is 0 Å². The quantitative estimate of drug-likeness (QED) is 0.716. The third-order valence-electron chi connectivity index (χ3n) is 2.31. The maximum absolute atomic E-state index is 12.4. The average molecular weight is 318 g/mol. The molecule has 9 heteroatoms. The van der Waals surface area contributed by atoms with Gasteiger partial charge in [-0.25, -0.2) is 4.98 Å². The van der Waals surface area contributed by atoms with Gasteiger partial charge in [-0.3, -0.25) is 4.99 Å². The summed E-state index contributed by atoms with van der Waals surface area (Å²) in [6.45, 7) is 3.13. The highest BCUT2D eigenvalue weighted by atomic mass is 19.4. The fraction of sp³-hybridized carbons (Fsp3) is 0.385. The molecule has 0 aliphatic rings. The van der Waals surface area contributed by atoms with E-state index < -0.39 is 17.7 Å². The van der Waals surface area contributed by atoms with Gasteiger partial charge in [0.2, 0.25) is 0 Å². The topological polar surface area (TPSA) is 107 Å². The van der Waals surface area contributed by atoms with E-state index in [0.29, 0.717) is 0 Å². The van der Waals surface area contributed by atoms with E-state index in [0.717, 1.165) is 18.5 Å². The van der Waals surface area contributed by atoms with Crippen molar-refractivity contribution in [3.8, 4) is 5.75 Å². The normalized spacial score (nSPS) is 13.6. The third kappa shape index (κ3) is 6.00. The molecule has 122 valence electrons. The number of aromatic nitrogens is 1. The van der Waals surface area contributed by atoms with Gasteiger partial charge in [0, 0.05) is 35.8 Å². The van der Waals surface area contributed by atoms with Gasteiger partial charge in [-0.1, -0.05) is 0 Å². The molecule has 5 N–H and O–H groups in total. The summed E-state index contributed by atoms with van der Waals surface area (Å²) in [5.74, 6) is -0.667. The number of aliphatic hydroxyl groups is 1. The van der Waals surface area contributed by atoms with Gasteiger partial charge in [0.25, 0.3) is 0 Å². The highest BCUT2D eigenvalue weighted by Crippen LogP contribution is 2.30. The highest BCUT2D eigenvalue weighted by Gasteiger charge is 2.32. The molecule has 0 amide bonds. The minimum Gasteiger partial charge on any atom is -0.405 e. The van der Waals surface area contributed by atoms with Crippen LogP contribution in [0.25, 0.3) is 5.57 Å². The van der Waals surface area contributed by atoms with Crippen molar-refractivity contribution < 1.29 is 23.0 Å². The van der Waals surface area contributed by atoms with Crippen LogP contribution >= 0.6 is 0 Å². The molecule has 1 heterocycles.